The number of nitrogens with two attached hydrogens (primary N) is 2. The maximum absolute atomic E-state index is 11.2. The molecule has 4 nitrogen and oxygen atoms in total. The number of benzene rings is 1. The Labute approximate surface area is 108 Å². The van der Waals surface area contributed by atoms with Crippen LogP contribution in [-0.2, 0) is 0 Å². The summed E-state index contributed by atoms with van der Waals surface area (Å²) in [5, 5.41) is 0. The number of anilines is 1. The largest absolute Gasteiger partial charge is 0.371 e. The van der Waals surface area contributed by atoms with E-state index in [0.29, 0.717) is 11.5 Å². The molecule has 1 aliphatic heterocycles. The third kappa shape index (κ3) is 2.64. The highest BCUT2D eigenvalue weighted by atomic mass is 16.1. The number of hydrogen-bond acceptors (Lipinski definition) is 3. The molecule has 2 rings (SSSR count). The van der Waals surface area contributed by atoms with Crippen LogP contribution in [0, 0.1) is 12.8 Å². The van der Waals surface area contributed by atoms with Crippen LogP contribution >= 0.6 is 0 Å². The second-order valence-corrected chi connectivity index (χ2v) is 5.05. The summed E-state index contributed by atoms with van der Waals surface area (Å²) in [4.78, 5) is 13.5. The van der Waals surface area contributed by atoms with E-state index in [4.69, 9.17) is 11.5 Å². The van der Waals surface area contributed by atoms with E-state index >= 15 is 0 Å². The summed E-state index contributed by atoms with van der Waals surface area (Å²) in [6.45, 7) is 4.74. The second kappa shape index (κ2) is 5.40. The van der Waals surface area contributed by atoms with Crippen LogP contribution in [0.1, 0.15) is 28.8 Å². The van der Waals surface area contributed by atoms with Crippen molar-refractivity contribution in [1.82, 2.24) is 0 Å². The van der Waals surface area contributed by atoms with E-state index in [1.165, 1.54) is 12.8 Å². The van der Waals surface area contributed by atoms with E-state index in [2.05, 4.69) is 4.90 Å². The molecule has 1 atom stereocenters. The minimum Gasteiger partial charge on any atom is -0.371 e. The topological polar surface area (TPSA) is 72.3 Å². The zero-order chi connectivity index (χ0) is 13.1. The molecule has 0 radical (unpaired) electrons. The molecule has 18 heavy (non-hydrogen) atoms. The molecule has 1 aromatic rings. The summed E-state index contributed by atoms with van der Waals surface area (Å²) in [7, 11) is 0. The average Bonchev–Trinajstić information content (AvgIpc) is 2.38. The predicted octanol–water partition coefficient (Wildman–Crippen LogP) is 1.27. The first-order chi connectivity index (χ1) is 8.61. The Balaban J connectivity index is 2.18. The van der Waals surface area contributed by atoms with Crippen molar-refractivity contribution < 1.29 is 4.79 Å². The number of amides is 1. The predicted molar refractivity (Wildman–Crippen MR) is 73.7 cm³/mol. The molecule has 1 fully saturated rings. The third-order valence-electron chi connectivity index (χ3n) is 3.69. The second-order valence-electron chi connectivity index (χ2n) is 5.05. The summed E-state index contributed by atoms with van der Waals surface area (Å²) in [6.07, 6.45) is 2.39. The van der Waals surface area contributed by atoms with Gasteiger partial charge in [0.15, 0.2) is 0 Å². The Bertz CT molecular complexity index is 445. The van der Waals surface area contributed by atoms with Gasteiger partial charge in [-0.15, -0.1) is 0 Å². The molecule has 1 saturated heterocycles. The average molecular weight is 247 g/mol. The number of carbonyl (C=O) groups is 1. The molecule has 98 valence electrons. The molecule has 1 aromatic carbocycles. The van der Waals surface area contributed by atoms with Gasteiger partial charge in [-0.1, -0.05) is 0 Å². The van der Waals surface area contributed by atoms with Gasteiger partial charge in [-0.25, -0.2) is 0 Å². The first kappa shape index (κ1) is 12.9. The fourth-order valence-corrected chi connectivity index (χ4v) is 2.61. The van der Waals surface area contributed by atoms with E-state index < -0.39 is 0 Å². The lowest BCUT2D eigenvalue weighted by Crippen LogP contribution is -2.38. The number of aryl methyl sites for hydroxylation is 1. The molecule has 1 unspecified atom stereocenters. The molecule has 0 aromatic heterocycles. The van der Waals surface area contributed by atoms with Gasteiger partial charge >= 0.3 is 0 Å². The molecule has 4 heteroatoms. The van der Waals surface area contributed by atoms with Gasteiger partial charge < -0.3 is 16.4 Å². The highest BCUT2D eigenvalue weighted by Gasteiger charge is 2.19. The standard InChI is InChI=1S/C14H21N3O/c1-10-7-12(4-5-13(10)14(16)18)17-6-2-3-11(8-15)9-17/h4-5,7,11H,2-3,6,8-9,15H2,1H3,(H2,16,18). The molecule has 1 amide bonds. The Morgan fingerprint density at radius 3 is 2.89 bits per heavy atom. The molecule has 1 heterocycles. The zero-order valence-electron chi connectivity index (χ0n) is 10.9. The molecule has 4 N–H and O–H groups in total. The Morgan fingerprint density at radius 2 is 2.28 bits per heavy atom. The molecular weight excluding hydrogens is 226 g/mol. The Morgan fingerprint density at radius 1 is 1.50 bits per heavy atom. The van der Waals surface area contributed by atoms with E-state index in [9.17, 15) is 4.79 Å². The number of piperidine rings is 1. The van der Waals surface area contributed by atoms with Gasteiger partial charge in [0.2, 0.25) is 5.91 Å². The molecule has 0 bridgehead atoms. The SMILES string of the molecule is Cc1cc(N2CCCC(CN)C2)ccc1C(N)=O. The Hall–Kier alpha value is -1.55. The minimum atomic E-state index is -0.363. The van der Waals surface area contributed by atoms with Gasteiger partial charge in [-0.3, -0.25) is 4.79 Å². The lowest BCUT2D eigenvalue weighted by Gasteiger charge is -2.34. The number of rotatable bonds is 3. The van der Waals surface area contributed by atoms with Crippen molar-refractivity contribution in [3.8, 4) is 0 Å². The number of hydrogen-bond donors (Lipinski definition) is 2. The lowest BCUT2D eigenvalue weighted by atomic mass is 9.97. The molecular formula is C14H21N3O. The number of carbonyl (C=O) groups excluding carboxylic acids is 1. The van der Waals surface area contributed by atoms with Crippen molar-refractivity contribution in [3.63, 3.8) is 0 Å². The number of primary amides is 1. The lowest BCUT2D eigenvalue weighted by molar-refractivity contribution is 0.1000. The molecule has 0 saturated carbocycles. The van der Waals surface area contributed by atoms with Crippen molar-refractivity contribution >= 4 is 11.6 Å². The van der Waals surface area contributed by atoms with Crippen LogP contribution in [0.25, 0.3) is 0 Å². The van der Waals surface area contributed by atoms with Gasteiger partial charge in [0.25, 0.3) is 0 Å². The third-order valence-corrected chi connectivity index (χ3v) is 3.69. The zero-order valence-corrected chi connectivity index (χ0v) is 10.9. The quantitative estimate of drug-likeness (QED) is 0.845. The highest BCUT2D eigenvalue weighted by Crippen LogP contribution is 2.24. The van der Waals surface area contributed by atoms with E-state index in [0.717, 1.165) is 30.9 Å². The van der Waals surface area contributed by atoms with Crippen LogP contribution < -0.4 is 16.4 Å². The van der Waals surface area contributed by atoms with Crippen molar-refractivity contribution in [1.29, 1.82) is 0 Å². The van der Waals surface area contributed by atoms with Gasteiger partial charge in [0.05, 0.1) is 0 Å². The van der Waals surface area contributed by atoms with Crippen LogP contribution in [0.5, 0.6) is 0 Å². The van der Waals surface area contributed by atoms with Crippen LogP contribution in [0.15, 0.2) is 18.2 Å². The van der Waals surface area contributed by atoms with Crippen LogP contribution in [0.4, 0.5) is 5.69 Å². The Kier molecular flexibility index (Phi) is 3.87. The van der Waals surface area contributed by atoms with Crippen LogP contribution in [0.3, 0.4) is 0 Å². The van der Waals surface area contributed by atoms with Crippen LogP contribution in [-0.4, -0.2) is 25.5 Å². The summed E-state index contributed by atoms with van der Waals surface area (Å²) in [6, 6.07) is 5.84. The summed E-state index contributed by atoms with van der Waals surface area (Å²) in [5.41, 5.74) is 13.8. The normalized spacial score (nSPS) is 19.9. The van der Waals surface area contributed by atoms with Crippen LogP contribution in [0.2, 0.25) is 0 Å². The van der Waals surface area contributed by atoms with E-state index in [1.54, 1.807) is 0 Å². The molecule has 1 aliphatic rings. The van der Waals surface area contributed by atoms with Crippen molar-refractivity contribution in [2.75, 3.05) is 24.5 Å². The summed E-state index contributed by atoms with van der Waals surface area (Å²) < 4.78 is 0. The van der Waals surface area contributed by atoms with Gasteiger partial charge in [0, 0.05) is 24.3 Å². The fourth-order valence-electron chi connectivity index (χ4n) is 2.61. The summed E-state index contributed by atoms with van der Waals surface area (Å²) >= 11 is 0. The number of nitrogens with zero attached hydrogens (tertiary/aromatic N) is 1. The maximum atomic E-state index is 11.2. The van der Waals surface area contributed by atoms with Gasteiger partial charge in [0.1, 0.15) is 0 Å². The van der Waals surface area contributed by atoms with Gasteiger partial charge in [-0.05, 0) is 56.0 Å². The first-order valence-corrected chi connectivity index (χ1v) is 6.47. The highest BCUT2D eigenvalue weighted by molar-refractivity contribution is 5.94. The first-order valence-electron chi connectivity index (χ1n) is 6.47. The summed E-state index contributed by atoms with van der Waals surface area (Å²) in [5.74, 6) is 0.215. The molecule has 0 spiro atoms. The molecule has 0 aliphatic carbocycles. The van der Waals surface area contributed by atoms with Crippen molar-refractivity contribution in [2.24, 2.45) is 17.4 Å². The van der Waals surface area contributed by atoms with E-state index in [1.807, 2.05) is 25.1 Å². The van der Waals surface area contributed by atoms with Crippen molar-refractivity contribution in [2.45, 2.75) is 19.8 Å². The van der Waals surface area contributed by atoms with Crippen molar-refractivity contribution in [3.05, 3.63) is 29.3 Å². The van der Waals surface area contributed by atoms with Gasteiger partial charge in [-0.2, -0.15) is 0 Å². The minimum absolute atomic E-state index is 0.363. The maximum Gasteiger partial charge on any atom is 0.248 e. The fraction of sp³-hybridized carbons (Fsp3) is 0.500. The van der Waals surface area contributed by atoms with E-state index in [-0.39, 0.29) is 5.91 Å². The monoisotopic (exact) mass is 247 g/mol. The smallest absolute Gasteiger partial charge is 0.248 e.